The number of likely N-dealkylation sites (tertiary alicyclic amines) is 1. The van der Waals surface area contributed by atoms with Crippen LogP contribution in [0, 0.1) is 27.9 Å². The summed E-state index contributed by atoms with van der Waals surface area (Å²) < 4.78 is 5.30. The van der Waals surface area contributed by atoms with Crippen LogP contribution in [0.2, 0.25) is 0 Å². The average molecular weight is 679 g/mol. The lowest BCUT2D eigenvalue weighted by molar-refractivity contribution is -0.384. The molecular weight excluding hydrogens is 657 g/mol. The van der Waals surface area contributed by atoms with E-state index in [2.05, 4.69) is 15.9 Å². The topological polar surface area (TPSA) is 147 Å². The number of nitrogens with zero attached hydrogens (tertiary/aromatic N) is 3. The van der Waals surface area contributed by atoms with E-state index < -0.39 is 62.0 Å². The van der Waals surface area contributed by atoms with Crippen LogP contribution in [0.1, 0.15) is 24.3 Å². The number of allylic oxidation sites excluding steroid dienone is 2. The molecule has 0 spiro atoms. The molecule has 2 aliphatic carbocycles. The Bertz CT molecular complexity index is 1620. The molecule has 0 aromatic heterocycles. The Morgan fingerprint density at radius 3 is 2.38 bits per heavy atom. The number of benzene rings is 2. The molecule has 14 heteroatoms. The first-order valence-corrected chi connectivity index (χ1v) is 14.8. The number of imide groups is 2. The summed E-state index contributed by atoms with van der Waals surface area (Å²) in [6, 6.07) is 9.55. The van der Waals surface area contributed by atoms with Crippen molar-refractivity contribution in [1.82, 2.24) is 4.90 Å². The third-order valence-electron chi connectivity index (χ3n) is 8.87. The lowest BCUT2D eigenvalue weighted by atomic mass is 9.56. The fourth-order valence-electron chi connectivity index (χ4n) is 6.98. The van der Waals surface area contributed by atoms with Crippen molar-refractivity contribution in [1.29, 1.82) is 0 Å². The van der Waals surface area contributed by atoms with Crippen molar-refractivity contribution in [3.63, 3.8) is 0 Å². The maximum Gasteiger partial charge on any atom is 0.269 e. The van der Waals surface area contributed by atoms with Gasteiger partial charge in [-0.05, 0) is 48.6 Å². The molecule has 218 valence electrons. The number of phenolic OH excluding ortho intramolecular Hbond substituents is 1. The van der Waals surface area contributed by atoms with E-state index in [9.17, 15) is 34.4 Å². The van der Waals surface area contributed by atoms with Crippen LogP contribution >= 0.6 is 39.1 Å². The van der Waals surface area contributed by atoms with Crippen molar-refractivity contribution >= 4 is 74.1 Å². The van der Waals surface area contributed by atoms with Gasteiger partial charge < -0.3 is 9.84 Å². The number of nitro benzene ring substituents is 1. The number of ether oxygens (including phenoxy) is 1. The minimum absolute atomic E-state index is 0.106. The molecule has 6 rings (SSSR count). The van der Waals surface area contributed by atoms with E-state index in [0.717, 1.165) is 9.80 Å². The van der Waals surface area contributed by atoms with Gasteiger partial charge in [0.05, 0.1) is 35.0 Å². The van der Waals surface area contributed by atoms with E-state index in [4.69, 9.17) is 27.9 Å². The number of carbonyl (C=O) groups is 4. The molecule has 2 aromatic carbocycles. The molecule has 1 N–H and O–H groups in total. The number of nitro groups is 1. The van der Waals surface area contributed by atoms with Crippen LogP contribution in [-0.4, -0.2) is 60.9 Å². The fraction of sp³-hybridized carbons (Fsp3) is 0.357. The summed E-state index contributed by atoms with van der Waals surface area (Å²) in [5.74, 6) is -5.94. The summed E-state index contributed by atoms with van der Waals surface area (Å²) in [6.45, 7) is 0. The summed E-state index contributed by atoms with van der Waals surface area (Å²) >= 11 is 17.6. The average Bonchev–Trinajstić information content (AvgIpc) is 3.31. The number of rotatable bonds is 5. The Morgan fingerprint density at radius 2 is 1.76 bits per heavy atom. The number of amides is 4. The summed E-state index contributed by atoms with van der Waals surface area (Å²) in [5.41, 5.74) is 0.856. The smallest absolute Gasteiger partial charge is 0.269 e. The maximum atomic E-state index is 14.0. The standard InChI is InChI=1S/C28H22BrCl2N3O8/c1-42-20-10-13(2-9-19(20)35)22-16-7-8-17-21(18(16)11-27(30)25(38)32(12-29)26(39)28(22,27)31)24(37)33(23(17)36)14-3-5-15(6-4-14)34(40)41/h2-7,9-10,17-18,21-22,35H,8,11-12H2,1H3/t17-,18+,21-,22-,27+,28-/m0/s1. The second-order valence-corrected chi connectivity index (χ2v) is 12.4. The Balaban J connectivity index is 1.49. The van der Waals surface area contributed by atoms with Crippen LogP contribution in [0.5, 0.6) is 11.5 Å². The first-order chi connectivity index (χ1) is 19.9. The quantitative estimate of drug-likeness (QED) is 0.123. The zero-order valence-electron chi connectivity index (χ0n) is 21.8. The zero-order chi connectivity index (χ0) is 30.3. The van der Waals surface area contributed by atoms with Crippen molar-refractivity contribution in [3.05, 3.63) is 69.8 Å². The van der Waals surface area contributed by atoms with Gasteiger partial charge in [-0.1, -0.05) is 33.6 Å². The van der Waals surface area contributed by atoms with E-state index in [1.807, 2.05) is 0 Å². The molecule has 0 bridgehead atoms. The summed E-state index contributed by atoms with van der Waals surface area (Å²) in [6.07, 6.45) is 1.76. The molecule has 3 fully saturated rings. The van der Waals surface area contributed by atoms with Crippen molar-refractivity contribution in [2.75, 3.05) is 17.5 Å². The molecule has 6 atom stereocenters. The lowest BCUT2D eigenvalue weighted by Gasteiger charge is -2.50. The number of carbonyl (C=O) groups excluding carboxylic acids is 4. The van der Waals surface area contributed by atoms with Gasteiger partial charge in [0.1, 0.15) is 0 Å². The van der Waals surface area contributed by atoms with Crippen molar-refractivity contribution < 1.29 is 33.9 Å². The predicted octanol–water partition coefficient (Wildman–Crippen LogP) is 4.22. The van der Waals surface area contributed by atoms with E-state index in [-0.39, 0.29) is 41.2 Å². The van der Waals surface area contributed by atoms with E-state index in [1.165, 1.54) is 43.5 Å². The zero-order valence-corrected chi connectivity index (χ0v) is 24.9. The van der Waals surface area contributed by atoms with Gasteiger partial charge in [-0.15, -0.1) is 23.2 Å². The molecule has 2 saturated heterocycles. The highest BCUT2D eigenvalue weighted by Gasteiger charge is 2.76. The van der Waals surface area contributed by atoms with E-state index >= 15 is 0 Å². The molecule has 0 radical (unpaired) electrons. The number of halogens is 3. The Labute approximate surface area is 257 Å². The predicted molar refractivity (Wildman–Crippen MR) is 154 cm³/mol. The van der Waals surface area contributed by atoms with Gasteiger partial charge in [0.15, 0.2) is 21.2 Å². The molecule has 11 nitrogen and oxygen atoms in total. The summed E-state index contributed by atoms with van der Waals surface area (Å²) in [7, 11) is 1.36. The molecule has 2 aromatic rings. The van der Waals surface area contributed by atoms with Gasteiger partial charge in [0.2, 0.25) is 11.8 Å². The SMILES string of the molecule is COc1cc([C@H]2C3=CC[C@@H]4C(=O)N(c5ccc([N+](=O)[O-])cc5)C(=O)[C@@H]4[C@@H]3C[C@@]3(Cl)C(=O)N(CBr)C(=O)[C@@]23Cl)ccc1O. The van der Waals surface area contributed by atoms with Gasteiger partial charge in [-0.2, -0.15) is 0 Å². The number of hydrogen-bond acceptors (Lipinski definition) is 8. The highest BCUT2D eigenvalue weighted by atomic mass is 79.9. The third kappa shape index (κ3) is 3.64. The van der Waals surface area contributed by atoms with Crippen molar-refractivity contribution in [3.8, 4) is 11.5 Å². The first-order valence-electron chi connectivity index (χ1n) is 12.9. The lowest BCUT2D eigenvalue weighted by Crippen LogP contribution is -2.60. The number of hydrogen-bond donors (Lipinski definition) is 1. The Kier molecular flexibility index (Phi) is 6.67. The second-order valence-electron chi connectivity index (χ2n) is 10.7. The largest absolute Gasteiger partial charge is 0.504 e. The van der Waals surface area contributed by atoms with E-state index in [0.29, 0.717) is 11.1 Å². The number of alkyl halides is 3. The summed E-state index contributed by atoms with van der Waals surface area (Å²) in [5, 5.41) is 21.4. The highest BCUT2D eigenvalue weighted by molar-refractivity contribution is 9.09. The monoisotopic (exact) mass is 677 g/mol. The van der Waals surface area contributed by atoms with Gasteiger partial charge in [-0.3, -0.25) is 39.1 Å². The van der Waals surface area contributed by atoms with Crippen LogP contribution in [0.3, 0.4) is 0 Å². The number of non-ortho nitro benzene ring substituents is 1. The van der Waals surface area contributed by atoms with Gasteiger partial charge in [0.25, 0.3) is 17.5 Å². The van der Waals surface area contributed by atoms with Crippen molar-refractivity contribution in [2.24, 2.45) is 17.8 Å². The van der Waals surface area contributed by atoms with Crippen LogP contribution in [0.4, 0.5) is 11.4 Å². The molecule has 1 saturated carbocycles. The second kappa shape index (κ2) is 9.78. The number of phenols is 1. The normalized spacial score (nSPS) is 32.0. The Hall–Kier alpha value is -3.48. The van der Waals surface area contributed by atoms with Gasteiger partial charge in [-0.25, -0.2) is 0 Å². The molecule has 2 heterocycles. The van der Waals surface area contributed by atoms with Gasteiger partial charge >= 0.3 is 0 Å². The molecule has 42 heavy (non-hydrogen) atoms. The van der Waals surface area contributed by atoms with Gasteiger partial charge in [0, 0.05) is 18.1 Å². The number of methoxy groups -OCH3 is 1. The van der Waals surface area contributed by atoms with E-state index in [1.54, 1.807) is 12.1 Å². The minimum atomic E-state index is -1.99. The maximum absolute atomic E-state index is 14.0. The van der Waals surface area contributed by atoms with Crippen LogP contribution in [0.15, 0.2) is 54.1 Å². The number of aromatic hydroxyl groups is 1. The van der Waals surface area contributed by atoms with Crippen molar-refractivity contribution in [2.45, 2.75) is 28.5 Å². The molecule has 4 aliphatic rings. The van der Waals surface area contributed by atoms with Crippen LogP contribution in [-0.2, 0) is 19.2 Å². The third-order valence-corrected chi connectivity index (χ3v) is 10.8. The highest BCUT2D eigenvalue weighted by Crippen LogP contribution is 2.65. The van der Waals surface area contributed by atoms with Crippen LogP contribution < -0.4 is 9.64 Å². The molecule has 0 unspecified atom stereocenters. The first kappa shape index (κ1) is 28.6. The Morgan fingerprint density at radius 1 is 1.07 bits per heavy atom. The number of anilines is 1. The molecule has 2 aliphatic heterocycles. The molecular formula is C28H22BrCl2N3O8. The fourth-order valence-corrected chi connectivity index (χ4v) is 8.40. The van der Waals surface area contributed by atoms with Crippen LogP contribution in [0.25, 0.3) is 0 Å². The number of fused-ring (bicyclic) bond motifs is 4. The molecule has 4 amide bonds. The summed E-state index contributed by atoms with van der Waals surface area (Å²) in [4.78, 5) is 63.7. The minimum Gasteiger partial charge on any atom is -0.504 e.